The average molecular weight is 484 g/mol. The predicted molar refractivity (Wildman–Crippen MR) is 132 cm³/mol. The lowest BCUT2D eigenvalue weighted by molar-refractivity contribution is -0.128. The molecule has 0 N–H and O–H groups in total. The highest BCUT2D eigenvalue weighted by Crippen LogP contribution is 2.25. The Labute approximate surface area is 201 Å². The van der Waals surface area contributed by atoms with Crippen molar-refractivity contribution in [3.8, 4) is 0 Å². The first-order valence-corrected chi connectivity index (χ1v) is 13.6. The van der Waals surface area contributed by atoms with Gasteiger partial charge in [-0.3, -0.25) is 14.5 Å². The smallest absolute Gasteiger partial charge is 0.279 e. The summed E-state index contributed by atoms with van der Waals surface area (Å²) in [5.74, 6) is 0.525. The summed E-state index contributed by atoms with van der Waals surface area (Å²) in [7, 11) is 0. The van der Waals surface area contributed by atoms with Crippen molar-refractivity contribution >= 4 is 34.0 Å². The molecule has 7 nitrogen and oxygen atoms in total. The van der Waals surface area contributed by atoms with E-state index in [-0.39, 0.29) is 11.5 Å². The van der Waals surface area contributed by atoms with Crippen molar-refractivity contribution < 1.29 is 4.79 Å². The third-order valence-corrected chi connectivity index (χ3v) is 8.48. The van der Waals surface area contributed by atoms with Gasteiger partial charge in [0.25, 0.3) is 5.56 Å². The van der Waals surface area contributed by atoms with E-state index in [4.69, 9.17) is 4.98 Å². The fourth-order valence-electron chi connectivity index (χ4n) is 4.55. The van der Waals surface area contributed by atoms with Gasteiger partial charge < -0.3 is 4.90 Å². The van der Waals surface area contributed by atoms with Crippen molar-refractivity contribution in [2.45, 2.75) is 49.4 Å². The molecule has 2 aliphatic heterocycles. The van der Waals surface area contributed by atoms with Crippen LogP contribution >= 0.6 is 23.1 Å². The van der Waals surface area contributed by atoms with E-state index in [0.717, 1.165) is 67.5 Å². The molecule has 0 unspecified atom stereocenters. The average Bonchev–Trinajstić information content (AvgIpc) is 3.06. The SMILES string of the molecule is O=C(CSc1nn2c(=O)c3c(nc2s1)CCN(CCc1ccccc1)C3)N1CCCCCC1. The zero-order valence-corrected chi connectivity index (χ0v) is 20.4. The molecule has 5 rings (SSSR count). The maximum absolute atomic E-state index is 13.2. The lowest BCUT2D eigenvalue weighted by Gasteiger charge is -2.27. The third-order valence-electron chi connectivity index (χ3n) is 6.45. The van der Waals surface area contributed by atoms with E-state index >= 15 is 0 Å². The first-order chi connectivity index (χ1) is 16.2. The van der Waals surface area contributed by atoms with Gasteiger partial charge in [-0.25, -0.2) is 4.98 Å². The number of hydrogen-bond donors (Lipinski definition) is 0. The number of aromatic nitrogens is 3. The number of thioether (sulfide) groups is 1. The number of hydrogen-bond acceptors (Lipinski definition) is 7. The van der Waals surface area contributed by atoms with Crippen LogP contribution in [0.4, 0.5) is 0 Å². The molecule has 0 atom stereocenters. The number of amides is 1. The number of rotatable bonds is 6. The van der Waals surface area contributed by atoms with Crippen molar-refractivity contribution in [3.63, 3.8) is 0 Å². The summed E-state index contributed by atoms with van der Waals surface area (Å²) in [5.41, 5.74) is 2.90. The molecular formula is C24H29N5O2S2. The normalized spacial score (nSPS) is 17.2. The van der Waals surface area contributed by atoms with Crippen LogP contribution in [-0.2, 0) is 24.2 Å². The van der Waals surface area contributed by atoms with Crippen molar-refractivity contribution in [2.24, 2.45) is 0 Å². The Bertz CT molecular complexity index is 1170. The van der Waals surface area contributed by atoms with Crippen LogP contribution in [0.15, 0.2) is 39.5 Å². The van der Waals surface area contributed by atoms with Gasteiger partial charge in [-0.15, -0.1) is 5.10 Å². The second-order valence-corrected chi connectivity index (χ2v) is 10.9. The molecule has 1 saturated heterocycles. The highest BCUT2D eigenvalue weighted by Gasteiger charge is 2.24. The summed E-state index contributed by atoms with van der Waals surface area (Å²) in [5, 5.41) is 4.51. The molecule has 1 amide bonds. The van der Waals surface area contributed by atoms with E-state index in [2.05, 4.69) is 34.3 Å². The minimum absolute atomic E-state index is 0.0682. The van der Waals surface area contributed by atoms with Gasteiger partial charge in [-0.1, -0.05) is 66.3 Å². The van der Waals surface area contributed by atoms with Crippen LogP contribution in [0.5, 0.6) is 0 Å². The summed E-state index contributed by atoms with van der Waals surface area (Å²) < 4.78 is 2.16. The van der Waals surface area contributed by atoms with E-state index in [9.17, 15) is 9.59 Å². The minimum Gasteiger partial charge on any atom is -0.342 e. The van der Waals surface area contributed by atoms with Gasteiger partial charge in [0.1, 0.15) is 0 Å². The fourth-order valence-corrected chi connectivity index (χ4v) is 6.40. The lowest BCUT2D eigenvalue weighted by atomic mass is 10.1. The van der Waals surface area contributed by atoms with E-state index in [1.807, 2.05) is 11.0 Å². The Hall–Kier alpha value is -2.23. The maximum atomic E-state index is 13.2. The van der Waals surface area contributed by atoms with E-state index in [1.165, 1.54) is 46.0 Å². The summed E-state index contributed by atoms with van der Waals surface area (Å²) >= 11 is 2.82. The van der Waals surface area contributed by atoms with Crippen molar-refractivity contribution in [1.29, 1.82) is 0 Å². The summed E-state index contributed by atoms with van der Waals surface area (Å²) in [6.07, 6.45) is 6.34. The Balaban J connectivity index is 1.25. The Morgan fingerprint density at radius 3 is 2.64 bits per heavy atom. The van der Waals surface area contributed by atoms with Crippen molar-refractivity contribution in [2.75, 3.05) is 31.9 Å². The maximum Gasteiger partial charge on any atom is 0.279 e. The van der Waals surface area contributed by atoms with Gasteiger partial charge in [0, 0.05) is 39.1 Å². The standard InChI is InChI=1S/C24H29N5O2S2/c30-21(28-12-6-1-2-7-13-28)17-32-24-26-29-22(31)19-16-27(14-10-18-8-4-3-5-9-18)15-11-20(19)25-23(29)33-24/h3-5,8-9H,1-2,6-7,10-17H2. The molecule has 0 spiro atoms. The van der Waals surface area contributed by atoms with Crippen LogP contribution in [-0.4, -0.2) is 62.2 Å². The van der Waals surface area contributed by atoms with Crippen LogP contribution < -0.4 is 5.56 Å². The topological polar surface area (TPSA) is 70.8 Å². The summed E-state index contributed by atoms with van der Waals surface area (Å²) in [4.78, 5) is 35.5. The highest BCUT2D eigenvalue weighted by molar-refractivity contribution is 8.01. The van der Waals surface area contributed by atoms with Crippen LogP contribution in [0.3, 0.4) is 0 Å². The molecular weight excluding hydrogens is 454 g/mol. The Kier molecular flexibility index (Phi) is 7.08. The van der Waals surface area contributed by atoms with Gasteiger partial charge in [0.15, 0.2) is 4.34 Å². The number of benzene rings is 1. The molecule has 0 saturated carbocycles. The second-order valence-electron chi connectivity index (χ2n) is 8.75. The first-order valence-electron chi connectivity index (χ1n) is 11.8. The molecule has 1 aromatic carbocycles. The quantitative estimate of drug-likeness (QED) is 0.502. The van der Waals surface area contributed by atoms with E-state index in [1.54, 1.807) is 0 Å². The van der Waals surface area contributed by atoms with Crippen LogP contribution in [0.1, 0.15) is 42.5 Å². The molecule has 0 aliphatic carbocycles. The molecule has 0 bridgehead atoms. The number of likely N-dealkylation sites (tertiary alicyclic amines) is 1. The number of carbonyl (C=O) groups excluding carboxylic acids is 1. The molecule has 1 fully saturated rings. The van der Waals surface area contributed by atoms with Crippen molar-refractivity contribution in [1.82, 2.24) is 24.4 Å². The van der Waals surface area contributed by atoms with Gasteiger partial charge in [0.05, 0.1) is 17.0 Å². The molecule has 9 heteroatoms. The molecule has 2 aromatic heterocycles. The number of nitrogens with zero attached hydrogens (tertiary/aromatic N) is 5. The zero-order valence-electron chi connectivity index (χ0n) is 18.7. The number of carbonyl (C=O) groups is 1. The largest absolute Gasteiger partial charge is 0.342 e. The zero-order chi connectivity index (χ0) is 22.6. The Morgan fingerprint density at radius 1 is 1.06 bits per heavy atom. The Morgan fingerprint density at radius 2 is 1.85 bits per heavy atom. The molecule has 174 valence electrons. The molecule has 33 heavy (non-hydrogen) atoms. The van der Waals surface area contributed by atoms with Crippen molar-refractivity contribution in [3.05, 3.63) is 57.5 Å². The van der Waals surface area contributed by atoms with Crippen LogP contribution in [0.25, 0.3) is 4.96 Å². The van der Waals surface area contributed by atoms with Crippen LogP contribution in [0, 0.1) is 0 Å². The monoisotopic (exact) mass is 483 g/mol. The van der Waals surface area contributed by atoms with E-state index in [0.29, 0.717) is 17.3 Å². The van der Waals surface area contributed by atoms with E-state index < -0.39 is 0 Å². The molecule has 0 radical (unpaired) electrons. The van der Waals surface area contributed by atoms with Gasteiger partial charge in [-0.2, -0.15) is 4.52 Å². The lowest BCUT2D eigenvalue weighted by Crippen LogP contribution is -2.37. The predicted octanol–water partition coefficient (Wildman–Crippen LogP) is 3.25. The van der Waals surface area contributed by atoms with Gasteiger partial charge in [0.2, 0.25) is 10.9 Å². The summed E-state index contributed by atoms with van der Waals surface area (Å²) in [6, 6.07) is 10.4. The highest BCUT2D eigenvalue weighted by atomic mass is 32.2. The summed E-state index contributed by atoms with van der Waals surface area (Å²) in [6.45, 7) is 4.15. The molecule has 3 aromatic rings. The number of fused-ring (bicyclic) bond motifs is 2. The fraction of sp³-hybridized carbons (Fsp3) is 0.500. The van der Waals surface area contributed by atoms with Gasteiger partial charge >= 0.3 is 0 Å². The second kappa shape index (κ2) is 10.4. The first kappa shape index (κ1) is 22.6. The molecule has 4 heterocycles. The van der Waals surface area contributed by atoms with Crippen LogP contribution in [0.2, 0.25) is 0 Å². The minimum atomic E-state index is -0.0682. The molecule has 2 aliphatic rings. The van der Waals surface area contributed by atoms with Gasteiger partial charge in [-0.05, 0) is 24.8 Å². The third kappa shape index (κ3) is 5.31.